The van der Waals surface area contributed by atoms with Crippen LogP contribution < -0.4 is 10.1 Å². The highest BCUT2D eigenvalue weighted by Gasteiger charge is 2.15. The number of nitro benzene ring substituents is 1. The van der Waals surface area contributed by atoms with E-state index < -0.39 is 4.92 Å². The number of anilines is 1. The number of aromatic nitrogens is 1. The van der Waals surface area contributed by atoms with E-state index in [2.05, 4.69) is 10.3 Å². The van der Waals surface area contributed by atoms with Crippen LogP contribution in [0.25, 0.3) is 0 Å². The summed E-state index contributed by atoms with van der Waals surface area (Å²) in [6.45, 7) is 2.38. The first-order valence-electron chi connectivity index (χ1n) is 6.08. The van der Waals surface area contributed by atoms with Gasteiger partial charge >= 0.3 is 0 Å². The Balaban J connectivity index is 2.21. The Kier molecular flexibility index (Phi) is 4.14. The normalized spacial score (nSPS) is 10.1. The number of nitro groups is 1. The number of pyridine rings is 1. The van der Waals surface area contributed by atoms with Gasteiger partial charge in [-0.05, 0) is 30.7 Å². The van der Waals surface area contributed by atoms with Crippen molar-refractivity contribution in [3.05, 3.63) is 57.9 Å². The molecule has 0 amide bonds. The maximum Gasteiger partial charge on any atom is 0.296 e. The average molecular weight is 273 g/mol. The minimum absolute atomic E-state index is 0.0158. The van der Waals surface area contributed by atoms with E-state index >= 15 is 0 Å². The van der Waals surface area contributed by atoms with Gasteiger partial charge in [-0.1, -0.05) is 6.07 Å². The van der Waals surface area contributed by atoms with E-state index in [1.54, 1.807) is 18.3 Å². The molecule has 6 nitrogen and oxygen atoms in total. The Morgan fingerprint density at radius 1 is 1.40 bits per heavy atom. The van der Waals surface area contributed by atoms with Crippen molar-refractivity contribution in [3.63, 3.8) is 0 Å². The van der Waals surface area contributed by atoms with Gasteiger partial charge in [-0.3, -0.25) is 15.1 Å². The van der Waals surface area contributed by atoms with Gasteiger partial charge < -0.3 is 10.1 Å². The van der Waals surface area contributed by atoms with Gasteiger partial charge in [0.2, 0.25) is 0 Å². The second-order valence-electron chi connectivity index (χ2n) is 4.26. The van der Waals surface area contributed by atoms with Gasteiger partial charge in [-0.25, -0.2) is 0 Å². The third-order valence-electron chi connectivity index (χ3n) is 2.97. The quantitative estimate of drug-likeness (QED) is 0.669. The number of nitrogens with one attached hydrogen (secondary N) is 1. The first kappa shape index (κ1) is 13.8. The number of methoxy groups -OCH3 is 1. The minimum atomic E-state index is -0.434. The molecule has 0 saturated carbocycles. The Hall–Kier alpha value is -2.63. The summed E-state index contributed by atoms with van der Waals surface area (Å²) < 4.78 is 5.00. The molecule has 104 valence electrons. The zero-order valence-electron chi connectivity index (χ0n) is 11.3. The molecule has 20 heavy (non-hydrogen) atoms. The summed E-state index contributed by atoms with van der Waals surface area (Å²) in [6, 6.07) is 8.52. The second kappa shape index (κ2) is 6.01. The number of rotatable bonds is 5. The first-order chi connectivity index (χ1) is 9.61. The predicted molar refractivity (Wildman–Crippen MR) is 75.9 cm³/mol. The van der Waals surface area contributed by atoms with Gasteiger partial charge in [0.1, 0.15) is 11.4 Å². The van der Waals surface area contributed by atoms with Crippen LogP contribution in [0, 0.1) is 17.0 Å². The molecule has 0 bridgehead atoms. The lowest BCUT2D eigenvalue weighted by molar-refractivity contribution is -0.384. The number of nitrogens with zero attached hydrogens (tertiary/aromatic N) is 2. The highest BCUT2D eigenvalue weighted by molar-refractivity contribution is 5.63. The zero-order valence-corrected chi connectivity index (χ0v) is 11.3. The topological polar surface area (TPSA) is 77.3 Å². The molecule has 0 aliphatic carbocycles. The molecular weight excluding hydrogens is 258 g/mol. The van der Waals surface area contributed by atoms with E-state index in [0.29, 0.717) is 18.0 Å². The Bertz CT molecular complexity index is 629. The van der Waals surface area contributed by atoms with Crippen molar-refractivity contribution in [2.24, 2.45) is 0 Å². The standard InChI is InChI=1S/C14H15N3O3/c1-10-4-3-7-15-13(10)9-16-12-6-5-11(20-2)8-14(12)17(18)19/h3-8,16H,9H2,1-2H3. The predicted octanol–water partition coefficient (Wildman–Crippen LogP) is 2.92. The Labute approximate surface area is 116 Å². The summed E-state index contributed by atoms with van der Waals surface area (Å²) in [4.78, 5) is 14.9. The van der Waals surface area contributed by atoms with Crippen molar-refractivity contribution in [1.29, 1.82) is 0 Å². The van der Waals surface area contributed by atoms with Crippen LogP contribution in [0.3, 0.4) is 0 Å². The molecule has 2 aromatic rings. The van der Waals surface area contributed by atoms with Gasteiger partial charge in [-0.15, -0.1) is 0 Å². The lowest BCUT2D eigenvalue weighted by Crippen LogP contribution is -2.05. The van der Waals surface area contributed by atoms with E-state index in [0.717, 1.165) is 11.3 Å². The van der Waals surface area contributed by atoms with E-state index in [9.17, 15) is 10.1 Å². The van der Waals surface area contributed by atoms with Crippen LogP contribution in [0.1, 0.15) is 11.3 Å². The molecule has 0 spiro atoms. The maximum atomic E-state index is 11.1. The third kappa shape index (κ3) is 3.03. The fourth-order valence-electron chi connectivity index (χ4n) is 1.82. The van der Waals surface area contributed by atoms with E-state index in [1.165, 1.54) is 13.2 Å². The van der Waals surface area contributed by atoms with Crippen molar-refractivity contribution < 1.29 is 9.66 Å². The van der Waals surface area contributed by atoms with Crippen LogP contribution in [0.5, 0.6) is 5.75 Å². The molecule has 0 radical (unpaired) electrons. The lowest BCUT2D eigenvalue weighted by atomic mass is 10.2. The molecule has 0 aliphatic rings. The molecule has 0 fully saturated rings. The average Bonchev–Trinajstić information content (AvgIpc) is 2.46. The molecule has 1 heterocycles. The second-order valence-corrected chi connectivity index (χ2v) is 4.26. The highest BCUT2D eigenvalue weighted by Crippen LogP contribution is 2.29. The summed E-state index contributed by atoms with van der Waals surface area (Å²) in [5.41, 5.74) is 2.33. The van der Waals surface area contributed by atoms with Crippen molar-refractivity contribution in [1.82, 2.24) is 4.98 Å². The lowest BCUT2D eigenvalue weighted by Gasteiger charge is -2.09. The van der Waals surface area contributed by atoms with E-state index in [4.69, 9.17) is 4.74 Å². The molecular formula is C14H15N3O3. The van der Waals surface area contributed by atoms with Gasteiger partial charge in [0.05, 0.1) is 30.3 Å². The van der Waals surface area contributed by atoms with Crippen molar-refractivity contribution >= 4 is 11.4 Å². The van der Waals surface area contributed by atoms with Crippen LogP contribution in [0.4, 0.5) is 11.4 Å². The SMILES string of the molecule is COc1ccc(NCc2ncccc2C)c([N+](=O)[O-])c1. The van der Waals surface area contributed by atoms with Gasteiger partial charge in [-0.2, -0.15) is 0 Å². The molecule has 1 aromatic carbocycles. The summed E-state index contributed by atoms with van der Waals surface area (Å²) in [6.07, 6.45) is 1.70. The number of hydrogen-bond acceptors (Lipinski definition) is 5. The van der Waals surface area contributed by atoms with Crippen molar-refractivity contribution in [3.8, 4) is 5.75 Å². The monoisotopic (exact) mass is 273 g/mol. The van der Waals surface area contributed by atoms with Gasteiger partial charge in [0, 0.05) is 6.20 Å². The third-order valence-corrected chi connectivity index (χ3v) is 2.97. The smallest absolute Gasteiger partial charge is 0.296 e. The minimum Gasteiger partial charge on any atom is -0.496 e. The fraction of sp³-hybridized carbons (Fsp3) is 0.214. The fourth-order valence-corrected chi connectivity index (χ4v) is 1.82. The molecule has 0 aliphatic heterocycles. The molecule has 1 aromatic heterocycles. The van der Waals surface area contributed by atoms with Crippen LogP contribution in [0.2, 0.25) is 0 Å². The van der Waals surface area contributed by atoms with Gasteiger partial charge in [0.15, 0.2) is 0 Å². The van der Waals surface area contributed by atoms with Crippen LogP contribution in [-0.4, -0.2) is 17.0 Å². The van der Waals surface area contributed by atoms with E-state index in [1.807, 2.05) is 19.1 Å². The summed E-state index contributed by atoms with van der Waals surface area (Å²) in [5.74, 6) is 0.455. The van der Waals surface area contributed by atoms with Crippen LogP contribution in [-0.2, 0) is 6.54 Å². The molecule has 0 atom stereocenters. The molecule has 2 rings (SSSR count). The zero-order chi connectivity index (χ0) is 14.5. The molecule has 1 N–H and O–H groups in total. The summed E-state index contributed by atoms with van der Waals surface area (Å²) in [5, 5.41) is 14.1. The van der Waals surface area contributed by atoms with Crippen molar-refractivity contribution in [2.45, 2.75) is 13.5 Å². The maximum absolute atomic E-state index is 11.1. The summed E-state index contributed by atoms with van der Waals surface area (Å²) in [7, 11) is 1.48. The largest absolute Gasteiger partial charge is 0.496 e. The van der Waals surface area contributed by atoms with Crippen LogP contribution >= 0.6 is 0 Å². The van der Waals surface area contributed by atoms with E-state index in [-0.39, 0.29) is 5.69 Å². The Morgan fingerprint density at radius 2 is 2.20 bits per heavy atom. The number of ether oxygens (including phenoxy) is 1. The highest BCUT2D eigenvalue weighted by atomic mass is 16.6. The number of hydrogen-bond donors (Lipinski definition) is 1. The number of benzene rings is 1. The number of aryl methyl sites for hydroxylation is 1. The van der Waals surface area contributed by atoms with Crippen molar-refractivity contribution in [2.75, 3.05) is 12.4 Å². The van der Waals surface area contributed by atoms with Crippen LogP contribution in [0.15, 0.2) is 36.5 Å². The van der Waals surface area contributed by atoms with Gasteiger partial charge in [0.25, 0.3) is 5.69 Å². The first-order valence-corrected chi connectivity index (χ1v) is 6.08. The molecule has 0 unspecified atom stereocenters. The Morgan fingerprint density at radius 3 is 2.85 bits per heavy atom. The molecule has 0 saturated heterocycles. The summed E-state index contributed by atoms with van der Waals surface area (Å²) >= 11 is 0. The molecule has 6 heteroatoms.